The molecule has 1 aliphatic carbocycles. The maximum absolute atomic E-state index is 5.79. The molecule has 1 aliphatic rings. The molecule has 0 spiro atoms. The second-order valence-electron chi connectivity index (χ2n) is 4.92. The van der Waals surface area contributed by atoms with Gasteiger partial charge in [-0.2, -0.15) is 0 Å². The van der Waals surface area contributed by atoms with Crippen LogP contribution in [0, 0.1) is 6.92 Å². The van der Waals surface area contributed by atoms with E-state index in [1.807, 2.05) is 6.92 Å². The summed E-state index contributed by atoms with van der Waals surface area (Å²) >= 11 is 0. The second kappa shape index (κ2) is 5.84. The lowest BCUT2D eigenvalue weighted by atomic mass is 9.96. The lowest BCUT2D eigenvalue weighted by molar-refractivity contribution is 0.470. The molecule has 0 aliphatic heterocycles. The van der Waals surface area contributed by atoms with E-state index in [1.165, 1.54) is 51.3 Å². The van der Waals surface area contributed by atoms with Gasteiger partial charge < -0.3 is 11.1 Å². The maximum Gasteiger partial charge on any atom is 0.134 e. The normalized spacial score (nSPS) is 18.4. The average molecular weight is 234 g/mol. The number of nitrogens with zero attached hydrogens (tertiary/aromatic N) is 2. The van der Waals surface area contributed by atoms with E-state index >= 15 is 0 Å². The monoisotopic (exact) mass is 234 g/mol. The number of hydrogen-bond donors (Lipinski definition) is 2. The SMILES string of the molecule is Cc1c(N)ncnc1NC1CCCCCCC1. The molecule has 0 radical (unpaired) electrons. The molecule has 3 N–H and O–H groups in total. The largest absolute Gasteiger partial charge is 0.383 e. The Balaban J connectivity index is 2.00. The van der Waals surface area contributed by atoms with Gasteiger partial charge >= 0.3 is 0 Å². The summed E-state index contributed by atoms with van der Waals surface area (Å²) in [6.07, 6.45) is 10.8. The van der Waals surface area contributed by atoms with E-state index in [2.05, 4.69) is 15.3 Å². The Hall–Kier alpha value is -1.32. The van der Waals surface area contributed by atoms with Gasteiger partial charge in [-0.05, 0) is 19.8 Å². The molecule has 1 saturated carbocycles. The predicted octanol–water partition coefficient (Wildman–Crippen LogP) is 2.89. The first-order chi connectivity index (χ1) is 8.27. The molecule has 1 fully saturated rings. The molecule has 17 heavy (non-hydrogen) atoms. The van der Waals surface area contributed by atoms with E-state index in [0.717, 1.165) is 11.4 Å². The second-order valence-corrected chi connectivity index (χ2v) is 4.92. The lowest BCUT2D eigenvalue weighted by Crippen LogP contribution is -2.22. The third-order valence-electron chi connectivity index (χ3n) is 3.57. The number of hydrogen-bond acceptors (Lipinski definition) is 4. The zero-order valence-corrected chi connectivity index (χ0v) is 10.6. The number of nitrogen functional groups attached to an aromatic ring is 1. The molecular formula is C13H22N4. The summed E-state index contributed by atoms with van der Waals surface area (Å²) in [6, 6.07) is 0.545. The molecule has 0 aromatic carbocycles. The predicted molar refractivity (Wildman–Crippen MR) is 70.9 cm³/mol. The average Bonchev–Trinajstić information content (AvgIpc) is 2.28. The van der Waals surface area contributed by atoms with Gasteiger partial charge in [-0.3, -0.25) is 0 Å². The molecule has 4 nitrogen and oxygen atoms in total. The Morgan fingerprint density at radius 2 is 1.76 bits per heavy atom. The Labute approximate surface area is 103 Å². The van der Waals surface area contributed by atoms with Crippen LogP contribution in [-0.2, 0) is 0 Å². The van der Waals surface area contributed by atoms with Crippen LogP contribution in [0.15, 0.2) is 6.33 Å². The number of nitrogens with two attached hydrogens (primary N) is 1. The maximum atomic E-state index is 5.79. The number of aromatic nitrogens is 2. The van der Waals surface area contributed by atoms with Gasteiger partial charge in [0.2, 0.25) is 0 Å². The minimum Gasteiger partial charge on any atom is -0.383 e. The molecule has 0 bridgehead atoms. The summed E-state index contributed by atoms with van der Waals surface area (Å²) in [5.41, 5.74) is 6.76. The highest BCUT2D eigenvalue weighted by atomic mass is 15.1. The van der Waals surface area contributed by atoms with Crippen molar-refractivity contribution < 1.29 is 0 Å². The first kappa shape index (κ1) is 12.1. The van der Waals surface area contributed by atoms with Crippen LogP contribution in [-0.4, -0.2) is 16.0 Å². The van der Waals surface area contributed by atoms with E-state index in [0.29, 0.717) is 11.9 Å². The molecule has 0 amide bonds. The quantitative estimate of drug-likeness (QED) is 0.826. The van der Waals surface area contributed by atoms with Gasteiger partial charge in [-0.15, -0.1) is 0 Å². The molecule has 1 heterocycles. The van der Waals surface area contributed by atoms with Crippen molar-refractivity contribution in [2.45, 2.75) is 57.9 Å². The molecule has 1 aromatic rings. The summed E-state index contributed by atoms with van der Waals surface area (Å²) in [7, 11) is 0. The van der Waals surface area contributed by atoms with Crippen LogP contribution in [0.4, 0.5) is 11.6 Å². The lowest BCUT2D eigenvalue weighted by Gasteiger charge is -2.22. The van der Waals surface area contributed by atoms with Crippen LogP contribution >= 0.6 is 0 Å². The summed E-state index contributed by atoms with van der Waals surface area (Å²) in [6.45, 7) is 1.97. The fourth-order valence-electron chi connectivity index (χ4n) is 2.40. The Kier molecular flexibility index (Phi) is 4.18. The minimum absolute atomic E-state index is 0.545. The van der Waals surface area contributed by atoms with Crippen LogP contribution in [0.2, 0.25) is 0 Å². The van der Waals surface area contributed by atoms with Crippen molar-refractivity contribution in [3.63, 3.8) is 0 Å². The van der Waals surface area contributed by atoms with Crippen LogP contribution in [0.25, 0.3) is 0 Å². The topological polar surface area (TPSA) is 63.8 Å². The number of rotatable bonds is 2. The van der Waals surface area contributed by atoms with Gasteiger partial charge in [0.25, 0.3) is 0 Å². The first-order valence-corrected chi connectivity index (χ1v) is 6.61. The van der Waals surface area contributed by atoms with Crippen molar-refractivity contribution in [3.05, 3.63) is 11.9 Å². The minimum atomic E-state index is 0.545. The van der Waals surface area contributed by atoms with Gasteiger partial charge in [-0.1, -0.05) is 32.1 Å². The number of anilines is 2. The fraction of sp³-hybridized carbons (Fsp3) is 0.692. The molecular weight excluding hydrogens is 212 g/mol. The molecule has 0 atom stereocenters. The Bertz CT molecular complexity index is 356. The van der Waals surface area contributed by atoms with E-state index < -0.39 is 0 Å². The molecule has 0 saturated heterocycles. The summed E-state index contributed by atoms with van der Waals surface area (Å²) in [5, 5.41) is 3.53. The summed E-state index contributed by atoms with van der Waals surface area (Å²) in [5.74, 6) is 1.48. The van der Waals surface area contributed by atoms with Crippen LogP contribution < -0.4 is 11.1 Å². The molecule has 1 aromatic heterocycles. The standard InChI is InChI=1S/C13H22N4/c1-10-12(14)15-9-16-13(10)17-11-7-5-3-2-4-6-8-11/h9,11H,2-8H2,1H3,(H3,14,15,16,17). The summed E-state index contributed by atoms with van der Waals surface area (Å²) < 4.78 is 0. The van der Waals surface area contributed by atoms with Crippen molar-refractivity contribution in [1.29, 1.82) is 0 Å². The molecule has 4 heteroatoms. The zero-order valence-electron chi connectivity index (χ0n) is 10.6. The highest BCUT2D eigenvalue weighted by Gasteiger charge is 2.13. The highest BCUT2D eigenvalue weighted by molar-refractivity contribution is 5.54. The smallest absolute Gasteiger partial charge is 0.134 e. The van der Waals surface area contributed by atoms with E-state index in [9.17, 15) is 0 Å². The van der Waals surface area contributed by atoms with Gasteiger partial charge in [0.05, 0.1) is 0 Å². The molecule has 0 unspecified atom stereocenters. The number of nitrogens with one attached hydrogen (secondary N) is 1. The highest BCUT2D eigenvalue weighted by Crippen LogP contribution is 2.22. The first-order valence-electron chi connectivity index (χ1n) is 6.61. The van der Waals surface area contributed by atoms with Crippen LogP contribution in [0.5, 0.6) is 0 Å². The third kappa shape index (κ3) is 3.32. The molecule has 94 valence electrons. The van der Waals surface area contributed by atoms with Gasteiger partial charge in [0, 0.05) is 11.6 Å². The zero-order chi connectivity index (χ0) is 12.1. The van der Waals surface area contributed by atoms with Crippen LogP contribution in [0.1, 0.15) is 50.5 Å². The van der Waals surface area contributed by atoms with Crippen molar-refractivity contribution in [2.24, 2.45) is 0 Å². The molecule has 2 rings (SSSR count). The fourth-order valence-corrected chi connectivity index (χ4v) is 2.40. The third-order valence-corrected chi connectivity index (χ3v) is 3.57. The van der Waals surface area contributed by atoms with E-state index in [4.69, 9.17) is 5.73 Å². The summed E-state index contributed by atoms with van der Waals surface area (Å²) in [4.78, 5) is 8.28. The van der Waals surface area contributed by atoms with Crippen molar-refractivity contribution >= 4 is 11.6 Å². The van der Waals surface area contributed by atoms with Crippen molar-refractivity contribution in [2.75, 3.05) is 11.1 Å². The van der Waals surface area contributed by atoms with Gasteiger partial charge in [0.1, 0.15) is 18.0 Å². The van der Waals surface area contributed by atoms with Gasteiger partial charge in [-0.25, -0.2) is 9.97 Å². The van der Waals surface area contributed by atoms with E-state index in [-0.39, 0.29) is 0 Å². The Morgan fingerprint density at radius 3 is 2.47 bits per heavy atom. The van der Waals surface area contributed by atoms with Crippen molar-refractivity contribution in [1.82, 2.24) is 9.97 Å². The Morgan fingerprint density at radius 1 is 1.12 bits per heavy atom. The van der Waals surface area contributed by atoms with Crippen LogP contribution in [0.3, 0.4) is 0 Å². The van der Waals surface area contributed by atoms with E-state index in [1.54, 1.807) is 0 Å². The van der Waals surface area contributed by atoms with Gasteiger partial charge in [0.15, 0.2) is 0 Å². The van der Waals surface area contributed by atoms with Crippen molar-refractivity contribution in [3.8, 4) is 0 Å².